The molecule has 84 valence electrons. The molecule has 1 aromatic carbocycles. The maximum absolute atomic E-state index is 6.19. The number of benzene rings is 1. The summed E-state index contributed by atoms with van der Waals surface area (Å²) in [6.07, 6.45) is 0.988. The van der Waals surface area contributed by atoms with Gasteiger partial charge < -0.3 is 0 Å². The second kappa shape index (κ2) is 4.79. The maximum atomic E-state index is 6.19. The van der Waals surface area contributed by atoms with Crippen molar-refractivity contribution in [3.05, 3.63) is 44.8 Å². The highest BCUT2D eigenvalue weighted by Gasteiger charge is 2.13. The van der Waals surface area contributed by atoms with Crippen molar-refractivity contribution in [3.8, 4) is 10.4 Å². The molecule has 0 bridgehead atoms. The fourth-order valence-electron chi connectivity index (χ4n) is 1.83. The first-order chi connectivity index (χ1) is 7.65. The molecule has 0 spiro atoms. The molecule has 1 heterocycles. The third-order valence-electron chi connectivity index (χ3n) is 2.71. The maximum Gasteiger partial charge on any atom is 0.0592 e. The van der Waals surface area contributed by atoms with E-state index in [9.17, 15) is 0 Å². The van der Waals surface area contributed by atoms with Crippen molar-refractivity contribution in [1.29, 1.82) is 0 Å². The first-order valence-corrected chi connectivity index (χ1v) is 6.80. The number of halogens is 2. The average Bonchev–Trinajstić information content (AvgIpc) is 2.68. The van der Waals surface area contributed by atoms with Gasteiger partial charge in [0.25, 0.3) is 0 Å². The first kappa shape index (κ1) is 12.0. The molecule has 0 unspecified atom stereocenters. The van der Waals surface area contributed by atoms with Crippen LogP contribution in [0.3, 0.4) is 0 Å². The van der Waals surface area contributed by atoms with Gasteiger partial charge in [-0.25, -0.2) is 0 Å². The van der Waals surface area contributed by atoms with Gasteiger partial charge in [0.2, 0.25) is 0 Å². The summed E-state index contributed by atoms with van der Waals surface area (Å²) >= 11 is 14.0. The summed E-state index contributed by atoms with van der Waals surface area (Å²) in [5.74, 6) is 0. The molecule has 0 saturated carbocycles. The monoisotopic (exact) mass is 270 g/mol. The quantitative estimate of drug-likeness (QED) is 0.667. The largest absolute Gasteiger partial charge is 0.142 e. The van der Waals surface area contributed by atoms with E-state index in [1.165, 1.54) is 11.1 Å². The standard InChI is InChI=1S/C13H12Cl2S/c1-3-9-4-5-10(14)8(2)12(9)13-11(15)6-7-16-13/h4-7H,3H2,1-2H3. The molecule has 0 aliphatic carbocycles. The predicted molar refractivity (Wildman–Crippen MR) is 73.9 cm³/mol. The van der Waals surface area contributed by atoms with Crippen LogP contribution < -0.4 is 0 Å². The van der Waals surface area contributed by atoms with E-state index < -0.39 is 0 Å². The van der Waals surface area contributed by atoms with Crippen molar-refractivity contribution < 1.29 is 0 Å². The molecule has 0 saturated heterocycles. The molecule has 16 heavy (non-hydrogen) atoms. The zero-order chi connectivity index (χ0) is 11.7. The van der Waals surface area contributed by atoms with Crippen LogP contribution in [0.1, 0.15) is 18.1 Å². The Morgan fingerprint density at radius 1 is 1.12 bits per heavy atom. The number of rotatable bonds is 2. The number of thiophene rings is 1. The van der Waals surface area contributed by atoms with Crippen molar-refractivity contribution in [1.82, 2.24) is 0 Å². The van der Waals surface area contributed by atoms with Gasteiger partial charge in [0.15, 0.2) is 0 Å². The highest BCUT2D eigenvalue weighted by molar-refractivity contribution is 7.14. The Morgan fingerprint density at radius 2 is 1.88 bits per heavy atom. The van der Waals surface area contributed by atoms with Crippen LogP contribution in [0.5, 0.6) is 0 Å². The molecule has 0 radical (unpaired) electrons. The van der Waals surface area contributed by atoms with E-state index in [1.54, 1.807) is 11.3 Å². The summed E-state index contributed by atoms with van der Waals surface area (Å²) < 4.78 is 0. The van der Waals surface area contributed by atoms with Gasteiger partial charge in [0.1, 0.15) is 0 Å². The summed E-state index contributed by atoms with van der Waals surface area (Å²) in [6, 6.07) is 5.97. The van der Waals surface area contributed by atoms with Gasteiger partial charge in [0.05, 0.1) is 9.90 Å². The van der Waals surface area contributed by atoms with E-state index in [1.807, 2.05) is 24.4 Å². The third kappa shape index (κ3) is 2.00. The molecule has 0 aliphatic rings. The van der Waals surface area contributed by atoms with E-state index in [4.69, 9.17) is 23.2 Å². The molecule has 2 rings (SSSR count). The molecule has 0 amide bonds. The van der Waals surface area contributed by atoms with E-state index >= 15 is 0 Å². The minimum atomic E-state index is 0.802. The molecular formula is C13H12Cl2S. The molecule has 0 atom stereocenters. The molecule has 3 heteroatoms. The highest BCUT2D eigenvalue weighted by atomic mass is 35.5. The van der Waals surface area contributed by atoms with Crippen LogP contribution in [0.2, 0.25) is 10.0 Å². The van der Waals surface area contributed by atoms with Gasteiger partial charge >= 0.3 is 0 Å². The molecule has 0 aliphatic heterocycles. The van der Waals surface area contributed by atoms with Gasteiger partial charge in [-0.15, -0.1) is 11.3 Å². The lowest BCUT2D eigenvalue weighted by Gasteiger charge is -2.12. The van der Waals surface area contributed by atoms with Crippen LogP contribution in [0.25, 0.3) is 10.4 Å². The van der Waals surface area contributed by atoms with Crippen molar-refractivity contribution in [3.63, 3.8) is 0 Å². The number of aryl methyl sites for hydroxylation is 1. The van der Waals surface area contributed by atoms with Crippen LogP contribution in [-0.4, -0.2) is 0 Å². The van der Waals surface area contributed by atoms with Crippen LogP contribution in [0.15, 0.2) is 23.6 Å². The Balaban J connectivity index is 2.72. The summed E-state index contributed by atoms with van der Waals surface area (Å²) in [6.45, 7) is 4.20. The zero-order valence-corrected chi connectivity index (χ0v) is 11.5. The minimum Gasteiger partial charge on any atom is -0.142 e. The summed E-state index contributed by atoms with van der Waals surface area (Å²) in [5, 5.41) is 3.62. The number of hydrogen-bond acceptors (Lipinski definition) is 1. The van der Waals surface area contributed by atoms with Gasteiger partial charge in [0, 0.05) is 10.6 Å². The predicted octanol–water partition coefficient (Wildman–Crippen LogP) is 5.59. The Morgan fingerprint density at radius 3 is 2.44 bits per heavy atom. The van der Waals surface area contributed by atoms with Crippen molar-refractivity contribution in [2.75, 3.05) is 0 Å². The van der Waals surface area contributed by atoms with Gasteiger partial charge in [-0.05, 0) is 42.0 Å². The first-order valence-electron chi connectivity index (χ1n) is 5.16. The van der Waals surface area contributed by atoms with E-state index in [-0.39, 0.29) is 0 Å². The highest BCUT2D eigenvalue weighted by Crippen LogP contribution is 2.39. The van der Waals surface area contributed by atoms with Crippen LogP contribution >= 0.6 is 34.5 Å². The van der Waals surface area contributed by atoms with Crippen LogP contribution in [0.4, 0.5) is 0 Å². The lowest BCUT2D eigenvalue weighted by atomic mass is 9.99. The fourth-order valence-corrected chi connectivity index (χ4v) is 3.27. The second-order valence-corrected chi connectivity index (χ2v) is 5.39. The Bertz CT molecular complexity index is 515. The summed E-state index contributed by atoms with van der Waals surface area (Å²) in [4.78, 5) is 1.12. The lowest BCUT2D eigenvalue weighted by molar-refractivity contribution is 1.14. The lowest BCUT2D eigenvalue weighted by Crippen LogP contribution is -1.91. The molecule has 0 fully saturated rings. The van der Waals surface area contributed by atoms with Gasteiger partial charge in [-0.3, -0.25) is 0 Å². The van der Waals surface area contributed by atoms with Crippen molar-refractivity contribution >= 4 is 34.5 Å². The molecule has 0 nitrogen and oxygen atoms in total. The Labute approximate surface area is 110 Å². The minimum absolute atomic E-state index is 0.802. The summed E-state index contributed by atoms with van der Waals surface area (Å²) in [5.41, 5.74) is 3.62. The summed E-state index contributed by atoms with van der Waals surface area (Å²) in [7, 11) is 0. The fraction of sp³-hybridized carbons (Fsp3) is 0.231. The molecule has 0 N–H and O–H groups in total. The Kier molecular flexibility index (Phi) is 3.58. The SMILES string of the molecule is CCc1ccc(Cl)c(C)c1-c1sccc1Cl. The average molecular weight is 271 g/mol. The van der Waals surface area contributed by atoms with E-state index in [2.05, 4.69) is 13.0 Å². The molecular weight excluding hydrogens is 259 g/mol. The van der Waals surface area contributed by atoms with Crippen LogP contribution in [0, 0.1) is 6.92 Å². The number of hydrogen-bond donors (Lipinski definition) is 0. The van der Waals surface area contributed by atoms with E-state index in [0.29, 0.717) is 0 Å². The second-order valence-electron chi connectivity index (χ2n) is 3.66. The molecule has 2 aromatic rings. The third-order valence-corrected chi connectivity index (χ3v) is 4.48. The Hall–Kier alpha value is -0.500. The van der Waals surface area contributed by atoms with Gasteiger partial charge in [-0.2, -0.15) is 0 Å². The van der Waals surface area contributed by atoms with Crippen molar-refractivity contribution in [2.24, 2.45) is 0 Å². The van der Waals surface area contributed by atoms with E-state index in [0.717, 1.165) is 26.9 Å². The van der Waals surface area contributed by atoms with Crippen LogP contribution in [-0.2, 0) is 6.42 Å². The van der Waals surface area contributed by atoms with Crippen molar-refractivity contribution in [2.45, 2.75) is 20.3 Å². The molecule has 1 aromatic heterocycles. The topological polar surface area (TPSA) is 0 Å². The zero-order valence-electron chi connectivity index (χ0n) is 9.18. The smallest absolute Gasteiger partial charge is 0.0592 e. The normalized spacial score (nSPS) is 10.8. The van der Waals surface area contributed by atoms with Gasteiger partial charge in [-0.1, -0.05) is 36.2 Å².